The molecule has 0 N–H and O–H groups in total. The molecule has 1 heterocycles. The summed E-state index contributed by atoms with van der Waals surface area (Å²) in [6.07, 6.45) is 6.61. The van der Waals surface area contributed by atoms with Crippen LogP contribution in [0, 0.1) is 5.82 Å². The molecule has 0 radical (unpaired) electrons. The van der Waals surface area contributed by atoms with E-state index in [1.54, 1.807) is 18.5 Å². The first-order chi connectivity index (χ1) is 12.2. The van der Waals surface area contributed by atoms with Gasteiger partial charge in [-0.05, 0) is 48.6 Å². The van der Waals surface area contributed by atoms with Gasteiger partial charge in [0.1, 0.15) is 18.2 Å². The topological polar surface area (TPSA) is 39.2 Å². The van der Waals surface area contributed by atoms with Crippen LogP contribution < -0.4 is 4.74 Å². The minimum atomic E-state index is -0.366. The lowest BCUT2D eigenvalue weighted by Crippen LogP contribution is -1.98. The summed E-state index contributed by atoms with van der Waals surface area (Å²) in [4.78, 5) is 16.2. The van der Waals surface area contributed by atoms with Gasteiger partial charge in [0.05, 0.1) is 0 Å². The smallest absolute Gasteiger partial charge is 0.185 e. The Balaban J connectivity index is 1.72. The highest BCUT2D eigenvalue weighted by atomic mass is 19.1. The lowest BCUT2D eigenvalue weighted by molar-refractivity contribution is 0.104. The second kappa shape index (κ2) is 8.02. The van der Waals surface area contributed by atoms with E-state index in [-0.39, 0.29) is 11.6 Å². The van der Waals surface area contributed by atoms with Crippen LogP contribution in [0.1, 0.15) is 21.5 Å². The van der Waals surface area contributed by atoms with Gasteiger partial charge in [-0.3, -0.25) is 9.78 Å². The van der Waals surface area contributed by atoms with Crippen molar-refractivity contribution in [3.8, 4) is 5.75 Å². The minimum Gasteiger partial charge on any atom is -0.488 e. The summed E-state index contributed by atoms with van der Waals surface area (Å²) in [5.74, 6) is 0.117. The standard InChI is InChI=1S/C21H16FNO2/c22-19-10-7-17(8-11-19)20(24)12-9-18-5-1-2-6-21(18)25-15-16-4-3-13-23-14-16/h1-14H,15H2. The fourth-order valence-corrected chi connectivity index (χ4v) is 2.27. The Morgan fingerprint density at radius 2 is 1.84 bits per heavy atom. The number of hydrogen-bond donors (Lipinski definition) is 0. The van der Waals surface area contributed by atoms with E-state index in [0.29, 0.717) is 17.9 Å². The van der Waals surface area contributed by atoms with Crippen LogP contribution in [0.5, 0.6) is 5.75 Å². The predicted octanol–water partition coefficient (Wildman–Crippen LogP) is 4.70. The molecule has 0 amide bonds. The molecular formula is C21H16FNO2. The number of pyridine rings is 1. The number of carbonyl (C=O) groups is 1. The highest BCUT2D eigenvalue weighted by Gasteiger charge is 2.04. The third-order valence-corrected chi connectivity index (χ3v) is 3.58. The Morgan fingerprint density at radius 3 is 2.60 bits per heavy atom. The molecule has 124 valence electrons. The number of allylic oxidation sites excluding steroid dienone is 1. The number of ether oxygens (including phenoxy) is 1. The number of nitrogens with zero attached hydrogens (tertiary/aromatic N) is 1. The van der Waals surface area contributed by atoms with E-state index in [1.165, 1.54) is 30.3 Å². The van der Waals surface area contributed by atoms with Crippen LogP contribution in [0.15, 0.2) is 79.1 Å². The fourth-order valence-electron chi connectivity index (χ4n) is 2.27. The Labute approximate surface area is 145 Å². The van der Waals surface area contributed by atoms with E-state index in [2.05, 4.69) is 4.98 Å². The highest BCUT2D eigenvalue weighted by Crippen LogP contribution is 2.21. The van der Waals surface area contributed by atoms with Gasteiger partial charge < -0.3 is 4.74 Å². The number of para-hydroxylation sites is 1. The van der Waals surface area contributed by atoms with Gasteiger partial charge in [-0.2, -0.15) is 0 Å². The molecule has 0 aliphatic heterocycles. The van der Waals surface area contributed by atoms with Crippen molar-refractivity contribution in [1.29, 1.82) is 0 Å². The second-order valence-electron chi connectivity index (χ2n) is 5.39. The Kier molecular flexibility index (Phi) is 5.32. The highest BCUT2D eigenvalue weighted by molar-refractivity contribution is 6.06. The van der Waals surface area contributed by atoms with Gasteiger partial charge in [0, 0.05) is 29.1 Å². The number of rotatable bonds is 6. The molecule has 0 atom stereocenters. The average molecular weight is 333 g/mol. The van der Waals surface area contributed by atoms with E-state index in [9.17, 15) is 9.18 Å². The third kappa shape index (κ3) is 4.61. The van der Waals surface area contributed by atoms with E-state index < -0.39 is 0 Å². The molecular weight excluding hydrogens is 317 g/mol. The van der Waals surface area contributed by atoms with Crippen molar-refractivity contribution >= 4 is 11.9 Å². The average Bonchev–Trinajstić information content (AvgIpc) is 2.66. The molecule has 0 unspecified atom stereocenters. The molecule has 0 fully saturated rings. The summed E-state index contributed by atoms with van der Waals surface area (Å²) < 4.78 is 18.8. The molecule has 0 aliphatic carbocycles. The van der Waals surface area contributed by atoms with Crippen LogP contribution in [0.25, 0.3) is 6.08 Å². The maximum absolute atomic E-state index is 12.9. The molecule has 2 aromatic carbocycles. The molecule has 1 aromatic heterocycles. The van der Waals surface area contributed by atoms with E-state index in [1.807, 2.05) is 36.4 Å². The van der Waals surface area contributed by atoms with Gasteiger partial charge in [-0.1, -0.05) is 24.3 Å². The largest absolute Gasteiger partial charge is 0.488 e. The number of halogens is 1. The second-order valence-corrected chi connectivity index (χ2v) is 5.39. The molecule has 3 aromatic rings. The van der Waals surface area contributed by atoms with Crippen molar-refractivity contribution in [2.24, 2.45) is 0 Å². The SMILES string of the molecule is O=C(C=Cc1ccccc1OCc1cccnc1)c1ccc(F)cc1. The molecule has 25 heavy (non-hydrogen) atoms. The first-order valence-corrected chi connectivity index (χ1v) is 7.81. The molecule has 3 rings (SSSR count). The number of carbonyl (C=O) groups excluding carboxylic acids is 1. The van der Waals surface area contributed by atoms with Gasteiger partial charge in [-0.15, -0.1) is 0 Å². The lowest BCUT2D eigenvalue weighted by Gasteiger charge is -2.09. The number of hydrogen-bond acceptors (Lipinski definition) is 3. The van der Waals surface area contributed by atoms with Crippen LogP contribution in [0.4, 0.5) is 4.39 Å². The van der Waals surface area contributed by atoms with Crippen molar-refractivity contribution in [2.45, 2.75) is 6.61 Å². The normalized spacial score (nSPS) is 10.8. The predicted molar refractivity (Wildman–Crippen MR) is 94.8 cm³/mol. The molecule has 0 aliphatic rings. The third-order valence-electron chi connectivity index (χ3n) is 3.58. The van der Waals surface area contributed by atoms with Gasteiger partial charge in [0.15, 0.2) is 5.78 Å². The molecule has 3 nitrogen and oxygen atoms in total. The summed E-state index contributed by atoms with van der Waals surface area (Å²) in [5, 5.41) is 0. The maximum atomic E-state index is 12.9. The number of aromatic nitrogens is 1. The van der Waals surface area contributed by atoms with Crippen LogP contribution in [-0.4, -0.2) is 10.8 Å². The molecule has 0 saturated carbocycles. The van der Waals surface area contributed by atoms with Crippen LogP contribution in [0.2, 0.25) is 0 Å². The van der Waals surface area contributed by atoms with E-state index in [4.69, 9.17) is 4.74 Å². The van der Waals surface area contributed by atoms with Gasteiger partial charge >= 0.3 is 0 Å². The van der Waals surface area contributed by atoms with Crippen LogP contribution in [0.3, 0.4) is 0 Å². The summed E-state index contributed by atoms with van der Waals surface area (Å²) in [6, 6.07) is 16.7. The fraction of sp³-hybridized carbons (Fsp3) is 0.0476. The van der Waals surface area contributed by atoms with E-state index in [0.717, 1.165) is 11.1 Å². The summed E-state index contributed by atoms with van der Waals surface area (Å²) in [6.45, 7) is 0.393. The molecule has 4 heteroatoms. The lowest BCUT2D eigenvalue weighted by atomic mass is 10.1. The number of benzene rings is 2. The molecule has 0 spiro atoms. The van der Waals surface area contributed by atoms with Crippen LogP contribution in [-0.2, 0) is 6.61 Å². The zero-order valence-electron chi connectivity index (χ0n) is 13.4. The van der Waals surface area contributed by atoms with Crippen molar-refractivity contribution in [3.05, 3.63) is 102 Å². The summed E-state index contributed by atoms with van der Waals surface area (Å²) >= 11 is 0. The monoisotopic (exact) mass is 333 g/mol. The van der Waals surface area contributed by atoms with Crippen LogP contribution >= 0.6 is 0 Å². The van der Waals surface area contributed by atoms with Crippen molar-refractivity contribution in [2.75, 3.05) is 0 Å². The Hall–Kier alpha value is -3.27. The zero-order chi connectivity index (χ0) is 17.5. The van der Waals surface area contributed by atoms with Gasteiger partial charge in [0.25, 0.3) is 0 Å². The molecule has 0 saturated heterocycles. The number of ketones is 1. The Morgan fingerprint density at radius 1 is 1.04 bits per heavy atom. The quantitative estimate of drug-likeness (QED) is 0.485. The van der Waals surface area contributed by atoms with E-state index >= 15 is 0 Å². The van der Waals surface area contributed by atoms with Gasteiger partial charge in [-0.25, -0.2) is 4.39 Å². The zero-order valence-corrected chi connectivity index (χ0v) is 13.4. The van der Waals surface area contributed by atoms with Crippen molar-refractivity contribution in [1.82, 2.24) is 4.98 Å². The maximum Gasteiger partial charge on any atom is 0.185 e. The summed E-state index contributed by atoms with van der Waals surface area (Å²) in [7, 11) is 0. The first-order valence-electron chi connectivity index (χ1n) is 7.81. The first kappa shape index (κ1) is 16.6. The Bertz CT molecular complexity index is 874. The van der Waals surface area contributed by atoms with Gasteiger partial charge in [0.2, 0.25) is 0 Å². The van der Waals surface area contributed by atoms with Crippen molar-refractivity contribution in [3.63, 3.8) is 0 Å². The summed E-state index contributed by atoms with van der Waals surface area (Å²) in [5.41, 5.74) is 2.19. The molecule has 0 bridgehead atoms. The minimum absolute atomic E-state index is 0.193. The van der Waals surface area contributed by atoms with Crippen molar-refractivity contribution < 1.29 is 13.9 Å².